The molecule has 0 unspecified atom stereocenters. The molecule has 0 aromatic carbocycles. The second-order valence-corrected chi connectivity index (χ2v) is 6.59. The Bertz CT molecular complexity index is 522. The van der Waals surface area contributed by atoms with E-state index < -0.39 is 0 Å². The fourth-order valence-electron chi connectivity index (χ4n) is 3.28. The average Bonchev–Trinajstić information content (AvgIpc) is 3.03. The number of hydrogen-bond acceptors (Lipinski definition) is 5. The number of rotatable bonds is 4. The van der Waals surface area contributed by atoms with Crippen LogP contribution in [0.15, 0.2) is 16.5 Å². The van der Waals surface area contributed by atoms with E-state index >= 15 is 0 Å². The SMILES string of the molecule is CCc1ccc(CN2CCN[C@H](C(=O)N3CCN(C)CC3)C2)o1. The quantitative estimate of drug-likeness (QED) is 0.870. The van der Waals surface area contributed by atoms with Crippen molar-refractivity contribution >= 4 is 5.91 Å². The van der Waals surface area contributed by atoms with E-state index in [1.54, 1.807) is 0 Å². The lowest BCUT2D eigenvalue weighted by Gasteiger charge is -2.38. The van der Waals surface area contributed by atoms with Gasteiger partial charge >= 0.3 is 0 Å². The zero-order chi connectivity index (χ0) is 16.2. The Hall–Kier alpha value is -1.37. The lowest BCUT2D eigenvalue weighted by atomic mass is 10.1. The molecule has 3 heterocycles. The van der Waals surface area contributed by atoms with Crippen molar-refractivity contribution in [3.05, 3.63) is 23.7 Å². The fraction of sp³-hybridized carbons (Fsp3) is 0.706. The topological polar surface area (TPSA) is 52.0 Å². The molecule has 1 N–H and O–H groups in total. The first-order valence-corrected chi connectivity index (χ1v) is 8.66. The Morgan fingerprint density at radius 1 is 1.22 bits per heavy atom. The second-order valence-electron chi connectivity index (χ2n) is 6.59. The number of furan rings is 1. The minimum atomic E-state index is -0.0900. The number of carbonyl (C=O) groups is 1. The third kappa shape index (κ3) is 4.13. The van der Waals surface area contributed by atoms with Gasteiger partial charge in [0.15, 0.2) is 0 Å². The first-order valence-electron chi connectivity index (χ1n) is 8.66. The first kappa shape index (κ1) is 16.5. The molecule has 1 amide bonds. The summed E-state index contributed by atoms with van der Waals surface area (Å²) in [7, 11) is 2.11. The molecule has 0 spiro atoms. The summed E-state index contributed by atoms with van der Waals surface area (Å²) in [5.41, 5.74) is 0. The minimum absolute atomic E-state index is 0.0900. The van der Waals surface area contributed by atoms with Crippen molar-refractivity contribution < 1.29 is 9.21 Å². The van der Waals surface area contributed by atoms with Crippen molar-refractivity contribution in [1.29, 1.82) is 0 Å². The first-order chi connectivity index (χ1) is 11.2. The molecule has 2 fully saturated rings. The normalized spacial score (nSPS) is 24.1. The van der Waals surface area contributed by atoms with E-state index in [1.165, 1.54) is 0 Å². The maximum absolute atomic E-state index is 12.7. The van der Waals surface area contributed by atoms with Gasteiger partial charge < -0.3 is 19.5 Å². The van der Waals surface area contributed by atoms with Crippen LogP contribution in [0.4, 0.5) is 0 Å². The highest BCUT2D eigenvalue weighted by atomic mass is 16.3. The van der Waals surface area contributed by atoms with Crippen molar-refractivity contribution in [3.63, 3.8) is 0 Å². The molecule has 128 valence electrons. The smallest absolute Gasteiger partial charge is 0.241 e. The fourth-order valence-corrected chi connectivity index (χ4v) is 3.28. The van der Waals surface area contributed by atoms with Crippen LogP contribution in [-0.2, 0) is 17.8 Å². The number of hydrogen-bond donors (Lipinski definition) is 1. The van der Waals surface area contributed by atoms with Crippen LogP contribution in [0.2, 0.25) is 0 Å². The predicted octanol–water partition coefficient (Wildman–Crippen LogP) is 0.390. The van der Waals surface area contributed by atoms with Crippen LogP contribution in [0, 0.1) is 0 Å². The largest absolute Gasteiger partial charge is 0.465 e. The van der Waals surface area contributed by atoms with Crippen LogP contribution in [-0.4, -0.2) is 79.5 Å². The van der Waals surface area contributed by atoms with Gasteiger partial charge in [-0.25, -0.2) is 0 Å². The second kappa shape index (κ2) is 7.47. The van der Waals surface area contributed by atoms with Gasteiger partial charge in [0.05, 0.1) is 12.6 Å². The molecule has 2 saturated heterocycles. The summed E-state index contributed by atoms with van der Waals surface area (Å²) >= 11 is 0. The molecule has 2 aliphatic heterocycles. The van der Waals surface area contributed by atoms with E-state index in [-0.39, 0.29) is 11.9 Å². The summed E-state index contributed by atoms with van der Waals surface area (Å²) in [6.07, 6.45) is 0.923. The Morgan fingerprint density at radius 3 is 2.65 bits per heavy atom. The molecule has 3 rings (SSSR count). The summed E-state index contributed by atoms with van der Waals surface area (Å²) in [6, 6.07) is 4.01. The van der Waals surface area contributed by atoms with Gasteiger partial charge in [-0.1, -0.05) is 6.92 Å². The van der Waals surface area contributed by atoms with E-state index in [0.717, 1.165) is 70.3 Å². The van der Waals surface area contributed by atoms with Crippen molar-refractivity contribution in [2.45, 2.75) is 25.9 Å². The molecule has 1 aromatic heterocycles. The highest BCUT2D eigenvalue weighted by molar-refractivity contribution is 5.82. The Labute approximate surface area is 138 Å². The van der Waals surface area contributed by atoms with Gasteiger partial charge in [-0.05, 0) is 19.2 Å². The number of piperazine rings is 2. The van der Waals surface area contributed by atoms with Crippen molar-refractivity contribution in [2.24, 2.45) is 0 Å². The zero-order valence-corrected chi connectivity index (χ0v) is 14.3. The Balaban J connectivity index is 1.54. The molecule has 0 radical (unpaired) electrons. The Kier molecular flexibility index (Phi) is 5.35. The highest BCUT2D eigenvalue weighted by Gasteiger charge is 2.30. The van der Waals surface area contributed by atoms with Crippen LogP contribution < -0.4 is 5.32 Å². The molecular formula is C17H28N4O2. The summed E-state index contributed by atoms with van der Waals surface area (Å²) < 4.78 is 5.80. The molecule has 0 bridgehead atoms. The lowest BCUT2D eigenvalue weighted by Crippen LogP contribution is -2.59. The summed E-state index contributed by atoms with van der Waals surface area (Å²) in [6.45, 7) is 9.06. The van der Waals surface area contributed by atoms with E-state index in [2.05, 4.69) is 35.2 Å². The van der Waals surface area contributed by atoms with Crippen molar-refractivity contribution in [2.75, 3.05) is 52.9 Å². The third-order valence-corrected chi connectivity index (χ3v) is 4.82. The summed E-state index contributed by atoms with van der Waals surface area (Å²) in [4.78, 5) is 19.3. The van der Waals surface area contributed by atoms with Gasteiger partial charge in [0, 0.05) is 52.2 Å². The van der Waals surface area contributed by atoms with E-state index in [9.17, 15) is 4.79 Å². The Morgan fingerprint density at radius 2 is 1.96 bits per heavy atom. The number of nitrogens with one attached hydrogen (secondary N) is 1. The molecule has 1 atom stereocenters. The van der Waals surface area contributed by atoms with Gasteiger partial charge in [-0.3, -0.25) is 9.69 Å². The van der Waals surface area contributed by atoms with Crippen molar-refractivity contribution in [1.82, 2.24) is 20.0 Å². The third-order valence-electron chi connectivity index (χ3n) is 4.82. The van der Waals surface area contributed by atoms with Gasteiger partial charge in [-0.15, -0.1) is 0 Å². The molecule has 6 heteroatoms. The maximum atomic E-state index is 12.7. The van der Waals surface area contributed by atoms with E-state index in [1.807, 2.05) is 11.0 Å². The molecule has 6 nitrogen and oxygen atoms in total. The van der Waals surface area contributed by atoms with Crippen LogP contribution in [0.25, 0.3) is 0 Å². The number of amides is 1. The number of aryl methyl sites for hydroxylation is 1. The van der Waals surface area contributed by atoms with Gasteiger partial charge in [0.1, 0.15) is 11.5 Å². The highest BCUT2D eigenvalue weighted by Crippen LogP contribution is 2.13. The maximum Gasteiger partial charge on any atom is 0.241 e. The molecule has 0 saturated carbocycles. The van der Waals surface area contributed by atoms with Gasteiger partial charge in [0.2, 0.25) is 5.91 Å². The predicted molar refractivity (Wildman–Crippen MR) is 89.2 cm³/mol. The van der Waals surface area contributed by atoms with Gasteiger partial charge in [0.25, 0.3) is 0 Å². The van der Waals surface area contributed by atoms with Crippen molar-refractivity contribution in [3.8, 4) is 0 Å². The molecular weight excluding hydrogens is 292 g/mol. The van der Waals surface area contributed by atoms with Crippen LogP contribution in [0.5, 0.6) is 0 Å². The number of likely N-dealkylation sites (N-methyl/N-ethyl adjacent to an activating group) is 1. The summed E-state index contributed by atoms with van der Waals surface area (Å²) in [5, 5.41) is 3.38. The number of nitrogens with zero attached hydrogens (tertiary/aromatic N) is 3. The standard InChI is InChI=1S/C17H28N4O2/c1-3-14-4-5-15(23-14)12-20-7-6-18-16(13-20)17(22)21-10-8-19(2)9-11-21/h4-5,16,18H,3,6-13H2,1-2H3/t16-/m0/s1. The van der Waals surface area contributed by atoms with Crippen LogP contribution in [0.3, 0.4) is 0 Å². The molecule has 1 aromatic rings. The summed E-state index contributed by atoms with van der Waals surface area (Å²) in [5.74, 6) is 2.27. The van der Waals surface area contributed by atoms with Crippen LogP contribution >= 0.6 is 0 Å². The number of carbonyl (C=O) groups excluding carboxylic acids is 1. The van der Waals surface area contributed by atoms with E-state index in [4.69, 9.17) is 4.42 Å². The van der Waals surface area contributed by atoms with Crippen LogP contribution in [0.1, 0.15) is 18.4 Å². The lowest BCUT2D eigenvalue weighted by molar-refractivity contribution is -0.136. The molecule has 2 aliphatic rings. The molecule has 0 aliphatic carbocycles. The minimum Gasteiger partial charge on any atom is -0.465 e. The molecule has 23 heavy (non-hydrogen) atoms. The zero-order valence-electron chi connectivity index (χ0n) is 14.3. The monoisotopic (exact) mass is 320 g/mol. The van der Waals surface area contributed by atoms with Gasteiger partial charge in [-0.2, -0.15) is 0 Å². The van der Waals surface area contributed by atoms with E-state index in [0.29, 0.717) is 0 Å². The average molecular weight is 320 g/mol.